The van der Waals surface area contributed by atoms with Crippen LogP contribution in [0.2, 0.25) is 0 Å². The average molecular weight is 602 g/mol. The van der Waals surface area contributed by atoms with Crippen LogP contribution in [0.5, 0.6) is 17.4 Å². The number of carbonyl (C=O) groups excluding carboxylic acids is 1. The second-order valence-corrected chi connectivity index (χ2v) is 11.9. The third-order valence-electron chi connectivity index (χ3n) is 7.56. The zero-order chi connectivity index (χ0) is 29.7. The summed E-state index contributed by atoms with van der Waals surface area (Å²) >= 11 is 0. The van der Waals surface area contributed by atoms with Crippen LogP contribution in [0.15, 0.2) is 54.9 Å². The van der Waals surface area contributed by atoms with Gasteiger partial charge in [0.15, 0.2) is 11.6 Å². The van der Waals surface area contributed by atoms with Gasteiger partial charge in [0.05, 0.1) is 17.5 Å². The summed E-state index contributed by atoms with van der Waals surface area (Å²) in [6.07, 6.45) is 7.28. The topological polar surface area (TPSA) is 114 Å². The van der Waals surface area contributed by atoms with Gasteiger partial charge in [-0.05, 0) is 49.6 Å². The summed E-state index contributed by atoms with van der Waals surface area (Å²) in [5.74, 6) is -3.77. The monoisotopic (exact) mass is 601 g/mol. The third-order valence-corrected chi connectivity index (χ3v) is 9.05. The highest BCUT2D eigenvalue weighted by Gasteiger charge is 2.33. The molecule has 224 valence electrons. The van der Waals surface area contributed by atoms with E-state index in [-0.39, 0.29) is 13.1 Å². The Labute approximate surface area is 243 Å². The van der Waals surface area contributed by atoms with Crippen LogP contribution in [0.1, 0.15) is 61.2 Å². The van der Waals surface area contributed by atoms with Crippen molar-refractivity contribution >= 4 is 16.1 Å². The first-order valence-electron chi connectivity index (χ1n) is 14.0. The van der Waals surface area contributed by atoms with Gasteiger partial charge in [0.25, 0.3) is 5.91 Å². The van der Waals surface area contributed by atoms with Crippen molar-refractivity contribution in [1.82, 2.24) is 23.9 Å². The van der Waals surface area contributed by atoms with Gasteiger partial charge in [-0.25, -0.2) is 14.1 Å². The van der Waals surface area contributed by atoms with Crippen LogP contribution >= 0.6 is 0 Å². The van der Waals surface area contributed by atoms with Gasteiger partial charge in [0, 0.05) is 44.5 Å². The first-order valence-corrected chi connectivity index (χ1v) is 15.4. The van der Waals surface area contributed by atoms with Gasteiger partial charge in [-0.3, -0.25) is 14.7 Å². The second-order valence-electron chi connectivity index (χ2n) is 10.3. The summed E-state index contributed by atoms with van der Waals surface area (Å²) in [7, 11) is -4.24. The van der Waals surface area contributed by atoms with Crippen molar-refractivity contribution in [2.45, 2.75) is 51.2 Å². The van der Waals surface area contributed by atoms with Crippen molar-refractivity contribution in [2.75, 3.05) is 26.2 Å². The lowest BCUT2D eigenvalue weighted by Crippen LogP contribution is -2.54. The Morgan fingerprint density at radius 3 is 2.43 bits per heavy atom. The predicted molar refractivity (Wildman–Crippen MR) is 150 cm³/mol. The predicted octanol–water partition coefficient (Wildman–Crippen LogP) is 4.61. The Morgan fingerprint density at radius 2 is 1.79 bits per heavy atom. The number of nitrogens with zero attached hydrogens (tertiary/aromatic N) is 4. The van der Waals surface area contributed by atoms with E-state index < -0.39 is 45.2 Å². The van der Waals surface area contributed by atoms with Gasteiger partial charge >= 0.3 is 10.2 Å². The minimum Gasteiger partial charge on any atom is -0.481 e. The number of amides is 1. The lowest BCUT2D eigenvalue weighted by molar-refractivity contribution is 0.0969. The number of carbonyl (C=O) groups is 1. The molecule has 1 saturated carbocycles. The zero-order valence-corrected chi connectivity index (χ0v) is 24.0. The molecule has 10 nitrogen and oxygen atoms in total. The van der Waals surface area contributed by atoms with Crippen LogP contribution in [0.3, 0.4) is 0 Å². The standard InChI is InChI=1S/C29H33F2N5O5S/c1-2-24(23-12-10-21(19-33-23)40-26-9-5-6-14-32-26)41-25-13-11-22(27(30)28(25)31)29(37)34-42(38,39)36-17-15-35(16-18-36)20-7-3-4-8-20/h5-6,9-14,19-20,24H,2-4,7-8,15-18H2,1H3,(H,34,37)/t24-/m1/s1. The van der Waals surface area contributed by atoms with E-state index in [1.165, 1.54) is 19.0 Å². The summed E-state index contributed by atoms with van der Waals surface area (Å²) < 4.78 is 70.1. The minimum absolute atomic E-state index is 0.214. The van der Waals surface area contributed by atoms with E-state index in [1.807, 2.05) is 4.72 Å². The first-order chi connectivity index (χ1) is 20.2. The molecule has 3 aromatic rings. The van der Waals surface area contributed by atoms with Crippen molar-refractivity contribution in [2.24, 2.45) is 0 Å². The van der Waals surface area contributed by atoms with Gasteiger partial charge < -0.3 is 9.47 Å². The lowest BCUT2D eigenvalue weighted by atomic mass is 10.1. The van der Waals surface area contributed by atoms with E-state index in [2.05, 4.69) is 14.9 Å². The van der Waals surface area contributed by atoms with Crippen LogP contribution < -0.4 is 14.2 Å². The summed E-state index contributed by atoms with van der Waals surface area (Å²) in [4.78, 5) is 23.4. The summed E-state index contributed by atoms with van der Waals surface area (Å²) in [5, 5.41) is 0. The molecule has 2 aliphatic rings. The second kappa shape index (κ2) is 13.1. The Balaban J connectivity index is 1.21. The molecule has 13 heteroatoms. The number of benzene rings is 1. The number of nitrogens with one attached hydrogen (secondary N) is 1. The normalized spacial score (nSPS) is 17.6. The molecule has 0 radical (unpaired) electrons. The fourth-order valence-corrected chi connectivity index (χ4v) is 6.41. The van der Waals surface area contributed by atoms with Crippen molar-refractivity contribution in [3.05, 3.63) is 77.8 Å². The van der Waals surface area contributed by atoms with Gasteiger partial charge in [-0.1, -0.05) is 25.8 Å². The molecular formula is C29H33F2N5O5S. The number of ether oxygens (including phenoxy) is 2. The van der Waals surface area contributed by atoms with Crippen molar-refractivity contribution in [3.63, 3.8) is 0 Å². The fraction of sp³-hybridized carbons (Fsp3) is 0.414. The fourth-order valence-electron chi connectivity index (χ4n) is 5.29. The number of pyridine rings is 2. The zero-order valence-electron chi connectivity index (χ0n) is 23.2. The van der Waals surface area contributed by atoms with E-state index in [0.29, 0.717) is 42.9 Å². The summed E-state index contributed by atoms with van der Waals surface area (Å²) in [5.41, 5.74) is -0.290. The van der Waals surface area contributed by atoms with Gasteiger partial charge in [-0.2, -0.15) is 17.1 Å². The molecule has 3 heterocycles. The van der Waals surface area contributed by atoms with Gasteiger partial charge in [0.2, 0.25) is 11.7 Å². The van der Waals surface area contributed by atoms with E-state index in [1.54, 1.807) is 43.5 Å². The Hall–Kier alpha value is -3.68. The Bertz CT molecular complexity index is 1480. The quantitative estimate of drug-likeness (QED) is 0.359. The molecule has 1 aliphatic heterocycles. The summed E-state index contributed by atoms with van der Waals surface area (Å²) in [6.45, 7) is 3.33. The maximum Gasteiger partial charge on any atom is 0.304 e. The number of hydrogen-bond acceptors (Lipinski definition) is 8. The number of aromatic nitrogens is 2. The first kappa shape index (κ1) is 29.8. The van der Waals surface area contributed by atoms with Crippen molar-refractivity contribution < 1.29 is 31.5 Å². The SMILES string of the molecule is CC[C@@H](Oc1ccc(C(=O)NS(=O)(=O)N2CCN(C3CCCC3)CC2)c(F)c1F)c1ccc(Oc2ccccn2)cn1. The van der Waals surface area contributed by atoms with E-state index in [0.717, 1.165) is 29.3 Å². The molecule has 2 aromatic heterocycles. The summed E-state index contributed by atoms with van der Waals surface area (Å²) in [6, 6.07) is 11.1. The van der Waals surface area contributed by atoms with Crippen molar-refractivity contribution in [3.8, 4) is 17.4 Å². The molecule has 2 fully saturated rings. The minimum atomic E-state index is -4.24. The molecule has 1 N–H and O–H groups in total. The van der Waals surface area contributed by atoms with Crippen molar-refractivity contribution in [1.29, 1.82) is 0 Å². The third kappa shape index (κ3) is 6.85. The van der Waals surface area contributed by atoms with Crippen LogP contribution in [-0.2, 0) is 10.2 Å². The van der Waals surface area contributed by atoms with Crippen LogP contribution in [0.4, 0.5) is 8.78 Å². The molecule has 1 atom stereocenters. The average Bonchev–Trinajstić information content (AvgIpc) is 3.54. The lowest BCUT2D eigenvalue weighted by Gasteiger charge is -2.37. The molecule has 42 heavy (non-hydrogen) atoms. The largest absolute Gasteiger partial charge is 0.481 e. The molecule has 1 amide bonds. The smallest absolute Gasteiger partial charge is 0.304 e. The van der Waals surface area contributed by atoms with Crippen LogP contribution in [0, 0.1) is 11.6 Å². The molecule has 1 aliphatic carbocycles. The molecule has 0 bridgehead atoms. The Morgan fingerprint density at radius 1 is 1.02 bits per heavy atom. The Kier molecular flexibility index (Phi) is 9.29. The van der Waals surface area contributed by atoms with E-state index in [4.69, 9.17) is 9.47 Å². The highest BCUT2D eigenvalue weighted by atomic mass is 32.2. The van der Waals surface area contributed by atoms with Gasteiger partial charge in [-0.15, -0.1) is 0 Å². The molecule has 5 rings (SSSR count). The van der Waals surface area contributed by atoms with E-state index >= 15 is 8.78 Å². The van der Waals surface area contributed by atoms with Crippen LogP contribution in [-0.4, -0.2) is 65.7 Å². The molecular weight excluding hydrogens is 568 g/mol. The maximum atomic E-state index is 15.0. The van der Waals surface area contributed by atoms with E-state index in [9.17, 15) is 13.2 Å². The highest BCUT2D eigenvalue weighted by molar-refractivity contribution is 7.87. The number of hydrogen-bond donors (Lipinski definition) is 1. The number of halogens is 2. The maximum absolute atomic E-state index is 15.0. The van der Waals surface area contributed by atoms with Gasteiger partial charge in [0.1, 0.15) is 11.9 Å². The molecule has 0 spiro atoms. The van der Waals surface area contributed by atoms with Crippen LogP contribution in [0.25, 0.3) is 0 Å². The molecule has 1 aromatic carbocycles. The molecule has 0 unspecified atom stereocenters. The number of piperazine rings is 1. The highest BCUT2D eigenvalue weighted by Crippen LogP contribution is 2.30. The number of rotatable bonds is 10. The molecule has 1 saturated heterocycles.